The number of rotatable bonds is 10. The van der Waals surface area contributed by atoms with Gasteiger partial charge in [0.05, 0.1) is 53.5 Å². The fraction of sp³-hybridized carbons (Fsp3) is 0.250. The number of nitrogens with zero attached hydrogens (tertiary/aromatic N) is 1. The minimum Gasteiger partial charge on any atom is -0.497 e. The molecule has 0 aliphatic rings. The lowest BCUT2D eigenvalue weighted by molar-refractivity contribution is 0.371. The van der Waals surface area contributed by atoms with Crippen LogP contribution in [0.5, 0.6) is 23.0 Å². The number of thiol groups is 1. The fourth-order valence-electron chi connectivity index (χ4n) is 3.16. The summed E-state index contributed by atoms with van der Waals surface area (Å²) in [6.45, 7) is 1.41. The van der Waals surface area contributed by atoms with E-state index in [-0.39, 0.29) is 0 Å². The van der Waals surface area contributed by atoms with Crippen molar-refractivity contribution in [3.8, 4) is 23.0 Å². The Morgan fingerprint density at radius 1 is 0.677 bits per heavy atom. The molecule has 164 valence electrons. The number of ether oxygens (including phenoxy) is 4. The molecule has 0 saturated carbocycles. The van der Waals surface area contributed by atoms with Gasteiger partial charge in [0.25, 0.3) is 0 Å². The highest BCUT2D eigenvalue weighted by molar-refractivity contribution is 14.1. The summed E-state index contributed by atoms with van der Waals surface area (Å²) in [5.74, 6) is 3.17. The molecule has 0 spiro atoms. The minimum atomic E-state index is 0.704. The Labute approximate surface area is 201 Å². The number of halogens is 1. The Kier molecular flexibility index (Phi) is 8.74. The predicted molar refractivity (Wildman–Crippen MR) is 135 cm³/mol. The maximum Gasteiger partial charge on any atom is 0.173 e. The average molecular weight is 552 g/mol. The van der Waals surface area contributed by atoms with Crippen LogP contribution in [0.2, 0.25) is 0 Å². The summed E-state index contributed by atoms with van der Waals surface area (Å²) in [7, 11) is 6.69. The lowest BCUT2D eigenvalue weighted by atomic mass is 10.1. The molecule has 3 rings (SSSR count). The van der Waals surface area contributed by atoms with Crippen LogP contribution in [0.1, 0.15) is 11.1 Å². The first-order valence-corrected chi connectivity index (χ1v) is 11.6. The molecule has 0 amide bonds. The largest absolute Gasteiger partial charge is 0.497 e. The Morgan fingerprint density at radius 2 is 1.16 bits per heavy atom. The van der Waals surface area contributed by atoms with Gasteiger partial charge in [0.1, 0.15) is 23.0 Å². The first-order valence-electron chi connectivity index (χ1n) is 9.70. The third-order valence-electron chi connectivity index (χ3n) is 4.78. The molecular formula is C24H27INO4S+. The molecule has 0 heterocycles. The summed E-state index contributed by atoms with van der Waals surface area (Å²) in [6.07, 6.45) is 0. The molecule has 0 N–H and O–H groups in total. The average Bonchev–Trinajstić information content (AvgIpc) is 2.80. The third kappa shape index (κ3) is 6.44. The van der Waals surface area contributed by atoms with Gasteiger partial charge < -0.3 is 18.9 Å². The van der Waals surface area contributed by atoms with Gasteiger partial charge in [0.15, 0.2) is 4.90 Å². The summed E-state index contributed by atoms with van der Waals surface area (Å²) in [6, 6.07) is 20.5. The number of hydrogen-bond acceptors (Lipinski definition) is 5. The molecular weight excluding hydrogens is 525 g/mol. The molecule has 0 aromatic heterocycles. The quantitative estimate of drug-likeness (QED) is 0.199. The van der Waals surface area contributed by atoms with Gasteiger partial charge >= 0.3 is 0 Å². The molecule has 0 aliphatic heterocycles. The van der Waals surface area contributed by atoms with E-state index >= 15 is 0 Å². The van der Waals surface area contributed by atoms with Crippen molar-refractivity contribution < 1.29 is 18.9 Å². The van der Waals surface area contributed by atoms with Gasteiger partial charge in [-0.2, -0.15) is 0 Å². The minimum absolute atomic E-state index is 0.704. The van der Waals surface area contributed by atoms with Crippen molar-refractivity contribution in [2.75, 3.05) is 28.4 Å². The zero-order valence-corrected chi connectivity index (χ0v) is 21.1. The first kappa shape index (κ1) is 23.6. The SMILES string of the molecule is COc1ccc(CN(Cc2ccc(OC)cc2OC)[SH+]c2ccc(I)cc2)c(OC)c1. The zero-order chi connectivity index (χ0) is 22.2. The van der Waals surface area contributed by atoms with Gasteiger partial charge in [-0.05, 0) is 59.0 Å². The van der Waals surface area contributed by atoms with Gasteiger partial charge in [0.2, 0.25) is 0 Å². The van der Waals surface area contributed by atoms with E-state index in [1.807, 2.05) is 24.3 Å². The van der Waals surface area contributed by atoms with Crippen LogP contribution in [0.4, 0.5) is 0 Å². The van der Waals surface area contributed by atoms with Crippen LogP contribution < -0.4 is 18.9 Å². The summed E-state index contributed by atoms with van der Waals surface area (Å²) >= 11 is 3.42. The lowest BCUT2D eigenvalue weighted by Crippen LogP contribution is -2.22. The highest BCUT2D eigenvalue weighted by Gasteiger charge is 2.21. The van der Waals surface area contributed by atoms with E-state index in [9.17, 15) is 0 Å². The normalized spacial score (nSPS) is 10.8. The molecule has 3 aromatic carbocycles. The van der Waals surface area contributed by atoms with E-state index in [0.717, 1.165) is 46.1 Å². The van der Waals surface area contributed by atoms with Crippen molar-refractivity contribution in [3.63, 3.8) is 0 Å². The Morgan fingerprint density at radius 3 is 1.58 bits per heavy atom. The Balaban J connectivity index is 1.90. The van der Waals surface area contributed by atoms with Crippen molar-refractivity contribution in [1.29, 1.82) is 0 Å². The van der Waals surface area contributed by atoms with Crippen molar-refractivity contribution >= 4 is 34.5 Å². The molecule has 0 saturated heterocycles. The van der Waals surface area contributed by atoms with Crippen molar-refractivity contribution in [3.05, 3.63) is 75.4 Å². The third-order valence-corrected chi connectivity index (χ3v) is 6.59. The highest BCUT2D eigenvalue weighted by atomic mass is 127. The molecule has 0 atom stereocenters. The van der Waals surface area contributed by atoms with Gasteiger partial charge in [-0.3, -0.25) is 0 Å². The van der Waals surface area contributed by atoms with Crippen LogP contribution in [-0.2, 0) is 25.0 Å². The first-order chi connectivity index (χ1) is 15.1. The van der Waals surface area contributed by atoms with Crippen molar-refractivity contribution in [1.82, 2.24) is 4.31 Å². The maximum atomic E-state index is 5.63. The Bertz CT molecular complexity index is 940. The van der Waals surface area contributed by atoms with E-state index < -0.39 is 0 Å². The van der Waals surface area contributed by atoms with Crippen LogP contribution in [0.15, 0.2) is 65.6 Å². The summed E-state index contributed by atoms with van der Waals surface area (Å²) in [4.78, 5) is 1.22. The standard InChI is InChI=1S/C24H26INO4S/c1-27-20-9-5-17(23(13-20)29-3)15-26(31-22-11-7-19(25)8-12-22)16-18-6-10-21(28-2)14-24(18)30-4/h5-14H,15-16H2,1-4H3/p+1. The van der Waals surface area contributed by atoms with Gasteiger partial charge in [0, 0.05) is 26.8 Å². The number of hydrogen-bond donors (Lipinski definition) is 0. The van der Waals surface area contributed by atoms with Crippen LogP contribution in [0.3, 0.4) is 0 Å². The molecule has 7 heteroatoms. The molecule has 0 radical (unpaired) electrons. The highest BCUT2D eigenvalue weighted by Crippen LogP contribution is 2.30. The van der Waals surface area contributed by atoms with Crippen LogP contribution in [-0.4, -0.2) is 32.7 Å². The van der Waals surface area contributed by atoms with E-state index in [2.05, 4.69) is 63.3 Å². The second-order valence-corrected chi connectivity index (χ2v) is 9.28. The molecule has 0 bridgehead atoms. The van der Waals surface area contributed by atoms with Crippen LogP contribution >= 0.6 is 22.6 Å². The molecule has 0 aliphatic carbocycles. The van der Waals surface area contributed by atoms with E-state index in [0.29, 0.717) is 13.1 Å². The Hall–Kier alpha value is -2.10. The molecule has 5 nitrogen and oxygen atoms in total. The van der Waals surface area contributed by atoms with Gasteiger partial charge in [-0.15, -0.1) is 4.31 Å². The monoisotopic (exact) mass is 552 g/mol. The number of methoxy groups -OCH3 is 4. The molecule has 0 fully saturated rings. The van der Waals surface area contributed by atoms with Crippen molar-refractivity contribution in [2.24, 2.45) is 0 Å². The second kappa shape index (κ2) is 11.5. The molecule has 31 heavy (non-hydrogen) atoms. The van der Waals surface area contributed by atoms with E-state index in [4.69, 9.17) is 18.9 Å². The van der Waals surface area contributed by atoms with Crippen molar-refractivity contribution in [2.45, 2.75) is 18.0 Å². The van der Waals surface area contributed by atoms with Gasteiger partial charge in [-0.1, -0.05) is 12.1 Å². The van der Waals surface area contributed by atoms with E-state index in [1.165, 1.54) is 8.47 Å². The summed E-state index contributed by atoms with van der Waals surface area (Å²) < 4.78 is 25.5. The van der Waals surface area contributed by atoms with Gasteiger partial charge in [-0.25, -0.2) is 0 Å². The second-order valence-electron chi connectivity index (χ2n) is 6.75. The van der Waals surface area contributed by atoms with E-state index in [1.54, 1.807) is 28.4 Å². The summed E-state index contributed by atoms with van der Waals surface area (Å²) in [5, 5.41) is 0. The van der Waals surface area contributed by atoms with Crippen LogP contribution in [0, 0.1) is 3.57 Å². The fourth-order valence-corrected chi connectivity index (χ4v) is 4.57. The molecule has 3 aromatic rings. The topological polar surface area (TPSA) is 40.2 Å². The zero-order valence-electron chi connectivity index (χ0n) is 18.1. The maximum absolute atomic E-state index is 5.63. The number of benzene rings is 3. The smallest absolute Gasteiger partial charge is 0.173 e. The molecule has 0 unspecified atom stereocenters. The van der Waals surface area contributed by atoms with Crippen LogP contribution in [0.25, 0.3) is 0 Å². The predicted octanol–water partition coefficient (Wildman–Crippen LogP) is 5.12. The summed E-state index contributed by atoms with van der Waals surface area (Å²) in [5.41, 5.74) is 2.18. The lowest BCUT2D eigenvalue weighted by Gasteiger charge is -2.18.